The second kappa shape index (κ2) is 5.56. The van der Waals surface area contributed by atoms with Crippen molar-refractivity contribution in [2.24, 2.45) is 0 Å². The highest BCUT2D eigenvalue weighted by molar-refractivity contribution is 8.00. The van der Waals surface area contributed by atoms with Crippen molar-refractivity contribution in [1.29, 1.82) is 0 Å². The lowest BCUT2D eigenvalue weighted by molar-refractivity contribution is -0.140. The van der Waals surface area contributed by atoms with Crippen molar-refractivity contribution >= 4 is 11.8 Å². The van der Waals surface area contributed by atoms with Crippen LogP contribution in [0.4, 0.5) is 17.6 Å². The van der Waals surface area contributed by atoms with Crippen LogP contribution in [0.5, 0.6) is 0 Å². The summed E-state index contributed by atoms with van der Waals surface area (Å²) in [5.41, 5.74) is -0.643. The first-order chi connectivity index (χ1) is 9.28. The molecule has 0 aliphatic carbocycles. The lowest BCUT2D eigenvalue weighted by Crippen LogP contribution is -2.35. The van der Waals surface area contributed by atoms with Crippen LogP contribution in [-0.2, 0) is 6.18 Å². The van der Waals surface area contributed by atoms with Crippen LogP contribution in [0.3, 0.4) is 0 Å². The van der Waals surface area contributed by atoms with Crippen LogP contribution in [0.2, 0.25) is 0 Å². The molecule has 1 N–H and O–H groups in total. The minimum absolute atomic E-state index is 0.110. The maximum absolute atomic E-state index is 13.7. The second-order valence-electron chi connectivity index (χ2n) is 5.22. The molecule has 1 aliphatic rings. The Morgan fingerprint density at radius 2 is 2.05 bits per heavy atom. The molecule has 112 valence electrons. The summed E-state index contributed by atoms with van der Waals surface area (Å²) in [6.45, 7) is 2.07. The van der Waals surface area contributed by atoms with E-state index in [1.807, 2.05) is 0 Å². The quantitative estimate of drug-likeness (QED) is 0.831. The zero-order valence-corrected chi connectivity index (χ0v) is 12.2. The van der Waals surface area contributed by atoms with E-state index in [-0.39, 0.29) is 10.8 Å². The number of rotatable bonds is 3. The molecule has 6 heteroatoms. The van der Waals surface area contributed by atoms with Gasteiger partial charge < -0.3 is 5.32 Å². The molecule has 1 aromatic rings. The van der Waals surface area contributed by atoms with Crippen LogP contribution in [0, 0.1) is 5.82 Å². The van der Waals surface area contributed by atoms with Gasteiger partial charge in [0.25, 0.3) is 0 Å². The van der Waals surface area contributed by atoms with Crippen molar-refractivity contribution in [1.82, 2.24) is 5.32 Å². The number of nitrogens with one attached hydrogen (secondary N) is 1. The standard InChI is InChI=1S/C14H17F4NS/c1-13(6-3-7-20-13)12(19-2)9-4-5-10(11(15)8-9)14(16,17)18/h4-5,8,12,19H,3,6-7H2,1-2H3. The zero-order chi connectivity index (χ0) is 15.0. The van der Waals surface area contributed by atoms with Crippen molar-refractivity contribution in [2.75, 3.05) is 12.8 Å². The van der Waals surface area contributed by atoms with Crippen LogP contribution in [0.25, 0.3) is 0 Å². The van der Waals surface area contributed by atoms with Gasteiger partial charge in [-0.25, -0.2) is 4.39 Å². The summed E-state index contributed by atoms with van der Waals surface area (Å²) in [5, 5.41) is 3.12. The minimum atomic E-state index is -4.65. The predicted octanol–water partition coefficient (Wildman–Crippen LogP) is 4.39. The van der Waals surface area contributed by atoms with E-state index in [0.717, 1.165) is 30.7 Å². The number of alkyl halides is 3. The molecule has 1 nitrogen and oxygen atoms in total. The summed E-state index contributed by atoms with van der Waals surface area (Å²) >= 11 is 1.78. The number of hydrogen-bond donors (Lipinski definition) is 1. The van der Waals surface area contributed by atoms with Crippen molar-refractivity contribution < 1.29 is 17.6 Å². The molecule has 0 spiro atoms. The van der Waals surface area contributed by atoms with Crippen molar-refractivity contribution in [3.63, 3.8) is 0 Å². The Kier molecular flexibility index (Phi) is 4.35. The Morgan fingerprint density at radius 1 is 1.35 bits per heavy atom. The minimum Gasteiger partial charge on any atom is -0.312 e. The van der Waals surface area contributed by atoms with E-state index in [1.54, 1.807) is 18.8 Å². The van der Waals surface area contributed by atoms with E-state index in [2.05, 4.69) is 12.2 Å². The molecular formula is C14H17F4NS. The Bertz CT molecular complexity index is 481. The fraction of sp³-hybridized carbons (Fsp3) is 0.571. The fourth-order valence-electron chi connectivity index (χ4n) is 2.79. The molecule has 1 aliphatic heterocycles. The Balaban J connectivity index is 2.34. The summed E-state index contributed by atoms with van der Waals surface area (Å²) < 4.78 is 51.3. The molecule has 1 heterocycles. The highest BCUT2D eigenvalue weighted by Crippen LogP contribution is 2.46. The fourth-order valence-corrected chi connectivity index (χ4v) is 4.26. The summed E-state index contributed by atoms with van der Waals surface area (Å²) in [4.78, 5) is 0. The molecular weight excluding hydrogens is 290 g/mol. The Labute approximate surface area is 120 Å². The van der Waals surface area contributed by atoms with Crippen LogP contribution in [0.1, 0.15) is 36.9 Å². The second-order valence-corrected chi connectivity index (χ2v) is 6.85. The van der Waals surface area contributed by atoms with E-state index >= 15 is 0 Å². The largest absolute Gasteiger partial charge is 0.419 e. The first-order valence-corrected chi connectivity index (χ1v) is 7.44. The molecule has 1 saturated heterocycles. The van der Waals surface area contributed by atoms with Gasteiger partial charge in [-0.1, -0.05) is 6.07 Å². The number of hydrogen-bond acceptors (Lipinski definition) is 2. The SMILES string of the molecule is CNC(c1ccc(C(F)(F)F)c(F)c1)C1(C)CCCS1. The van der Waals surface area contributed by atoms with Gasteiger partial charge in [0, 0.05) is 10.8 Å². The highest BCUT2D eigenvalue weighted by Gasteiger charge is 2.39. The van der Waals surface area contributed by atoms with Crippen LogP contribution >= 0.6 is 11.8 Å². The number of thioether (sulfide) groups is 1. The molecule has 0 bridgehead atoms. The van der Waals surface area contributed by atoms with Gasteiger partial charge in [0.2, 0.25) is 0 Å². The van der Waals surface area contributed by atoms with Crippen molar-refractivity contribution in [3.05, 3.63) is 35.1 Å². The maximum atomic E-state index is 13.7. The average molecular weight is 307 g/mol. The summed E-state index contributed by atoms with van der Waals surface area (Å²) in [6, 6.07) is 3.05. The van der Waals surface area contributed by atoms with E-state index in [0.29, 0.717) is 5.56 Å². The van der Waals surface area contributed by atoms with Crippen molar-refractivity contribution in [3.8, 4) is 0 Å². The first-order valence-electron chi connectivity index (χ1n) is 6.46. The highest BCUT2D eigenvalue weighted by atomic mass is 32.2. The molecule has 2 atom stereocenters. The van der Waals surface area contributed by atoms with Gasteiger partial charge in [0.1, 0.15) is 5.82 Å². The first kappa shape index (κ1) is 15.6. The van der Waals surface area contributed by atoms with Gasteiger partial charge in [-0.3, -0.25) is 0 Å². The summed E-state index contributed by atoms with van der Waals surface area (Å²) in [5.74, 6) is -0.181. The van der Waals surface area contributed by atoms with Crippen LogP contribution in [-0.4, -0.2) is 17.5 Å². The third kappa shape index (κ3) is 2.96. The van der Waals surface area contributed by atoms with Gasteiger partial charge >= 0.3 is 6.18 Å². The molecule has 0 saturated carbocycles. The molecule has 1 aromatic carbocycles. The van der Waals surface area contributed by atoms with Gasteiger partial charge in [0.05, 0.1) is 5.56 Å². The smallest absolute Gasteiger partial charge is 0.312 e. The Morgan fingerprint density at radius 3 is 2.50 bits per heavy atom. The lowest BCUT2D eigenvalue weighted by atomic mass is 9.90. The van der Waals surface area contributed by atoms with Gasteiger partial charge in [0.15, 0.2) is 0 Å². The van der Waals surface area contributed by atoms with Gasteiger partial charge in [-0.2, -0.15) is 24.9 Å². The average Bonchev–Trinajstić information content (AvgIpc) is 2.76. The maximum Gasteiger partial charge on any atom is 0.419 e. The Hall–Kier alpha value is -0.750. The summed E-state index contributed by atoms with van der Waals surface area (Å²) in [6.07, 6.45) is -2.61. The molecule has 0 amide bonds. The van der Waals surface area contributed by atoms with E-state index in [1.165, 1.54) is 6.07 Å². The lowest BCUT2D eigenvalue weighted by Gasteiger charge is -2.33. The predicted molar refractivity (Wildman–Crippen MR) is 73.3 cm³/mol. The van der Waals surface area contributed by atoms with Gasteiger partial charge in [-0.05, 0) is 50.3 Å². The van der Waals surface area contributed by atoms with Gasteiger partial charge in [-0.15, -0.1) is 0 Å². The molecule has 20 heavy (non-hydrogen) atoms. The molecule has 0 aromatic heterocycles. The molecule has 2 rings (SSSR count). The van der Waals surface area contributed by atoms with E-state index in [9.17, 15) is 17.6 Å². The van der Waals surface area contributed by atoms with E-state index < -0.39 is 17.6 Å². The monoisotopic (exact) mass is 307 g/mol. The molecule has 2 unspecified atom stereocenters. The third-order valence-electron chi connectivity index (χ3n) is 3.78. The topological polar surface area (TPSA) is 12.0 Å². The van der Waals surface area contributed by atoms with Crippen molar-refractivity contribution in [2.45, 2.75) is 36.7 Å². The normalized spacial score (nSPS) is 24.9. The van der Waals surface area contributed by atoms with Crippen LogP contribution < -0.4 is 5.32 Å². The zero-order valence-electron chi connectivity index (χ0n) is 11.4. The molecule has 0 radical (unpaired) electrons. The molecule has 1 fully saturated rings. The van der Waals surface area contributed by atoms with E-state index in [4.69, 9.17) is 0 Å². The number of benzene rings is 1. The third-order valence-corrected chi connectivity index (χ3v) is 5.37. The number of halogens is 4. The van der Waals surface area contributed by atoms with Crippen LogP contribution in [0.15, 0.2) is 18.2 Å². The summed E-state index contributed by atoms with van der Waals surface area (Å²) in [7, 11) is 1.75.